The molecular formula is C12H13ClO4S. The lowest BCUT2D eigenvalue weighted by molar-refractivity contribution is 0.0697. The largest absolute Gasteiger partial charge is 0.478 e. The highest BCUT2D eigenvalue weighted by Crippen LogP contribution is 2.22. The van der Waals surface area contributed by atoms with Gasteiger partial charge in [0.2, 0.25) is 0 Å². The maximum absolute atomic E-state index is 11.9. The van der Waals surface area contributed by atoms with Crippen molar-refractivity contribution in [3.63, 3.8) is 0 Å². The second-order valence-electron chi connectivity index (χ2n) is 3.70. The Morgan fingerprint density at radius 3 is 2.61 bits per heavy atom. The number of rotatable bonds is 6. The molecular weight excluding hydrogens is 276 g/mol. The number of carboxylic acids is 1. The van der Waals surface area contributed by atoms with E-state index < -0.39 is 15.8 Å². The van der Waals surface area contributed by atoms with Crippen molar-refractivity contribution in [3.05, 3.63) is 41.4 Å². The van der Waals surface area contributed by atoms with Gasteiger partial charge in [-0.1, -0.05) is 17.7 Å². The molecule has 0 atom stereocenters. The van der Waals surface area contributed by atoms with Gasteiger partial charge < -0.3 is 5.11 Å². The summed E-state index contributed by atoms with van der Waals surface area (Å²) in [5, 5.41) is 8.71. The number of allylic oxidation sites excluding steroid dienone is 1. The highest BCUT2D eigenvalue weighted by atomic mass is 35.5. The monoisotopic (exact) mass is 288 g/mol. The van der Waals surface area contributed by atoms with Crippen LogP contribution >= 0.6 is 11.6 Å². The maximum Gasteiger partial charge on any atom is 0.337 e. The fourth-order valence-electron chi connectivity index (χ4n) is 1.40. The van der Waals surface area contributed by atoms with Crippen LogP contribution in [0.2, 0.25) is 5.02 Å². The average molecular weight is 289 g/mol. The first kappa shape index (κ1) is 14.7. The Balaban J connectivity index is 3.00. The summed E-state index contributed by atoms with van der Waals surface area (Å²) in [6.07, 6.45) is 2.74. The molecule has 0 amide bonds. The van der Waals surface area contributed by atoms with Crippen molar-refractivity contribution in [3.8, 4) is 0 Å². The number of halogens is 1. The number of unbranched alkanes of at least 4 members (excludes halogenated alkanes) is 1. The predicted molar refractivity (Wildman–Crippen MR) is 69.9 cm³/mol. The van der Waals surface area contributed by atoms with Crippen molar-refractivity contribution in [1.82, 2.24) is 0 Å². The van der Waals surface area contributed by atoms with Crippen molar-refractivity contribution in [2.24, 2.45) is 0 Å². The van der Waals surface area contributed by atoms with Crippen molar-refractivity contribution < 1.29 is 18.3 Å². The molecule has 0 aliphatic heterocycles. The molecule has 0 unspecified atom stereocenters. The van der Waals surface area contributed by atoms with Crippen LogP contribution in [0, 0.1) is 0 Å². The van der Waals surface area contributed by atoms with Crippen LogP contribution in [-0.4, -0.2) is 25.2 Å². The first-order valence-electron chi connectivity index (χ1n) is 5.25. The smallest absolute Gasteiger partial charge is 0.337 e. The molecule has 1 aromatic rings. The number of carboxylic acid groups (broad SMARTS) is 1. The normalized spacial score (nSPS) is 11.2. The summed E-state index contributed by atoms with van der Waals surface area (Å²) in [4.78, 5) is 10.8. The second kappa shape index (κ2) is 6.02. The van der Waals surface area contributed by atoms with E-state index in [9.17, 15) is 13.2 Å². The summed E-state index contributed by atoms with van der Waals surface area (Å²) in [5.74, 6) is -1.20. The molecule has 0 heterocycles. The van der Waals surface area contributed by atoms with E-state index in [2.05, 4.69) is 6.58 Å². The summed E-state index contributed by atoms with van der Waals surface area (Å²) < 4.78 is 23.8. The minimum Gasteiger partial charge on any atom is -0.478 e. The fraction of sp³-hybridized carbons (Fsp3) is 0.250. The third kappa shape index (κ3) is 3.58. The molecule has 0 spiro atoms. The van der Waals surface area contributed by atoms with E-state index in [1.807, 2.05) is 0 Å². The van der Waals surface area contributed by atoms with Gasteiger partial charge in [0.15, 0.2) is 9.84 Å². The molecule has 4 nitrogen and oxygen atoms in total. The van der Waals surface area contributed by atoms with E-state index in [1.54, 1.807) is 6.08 Å². The highest BCUT2D eigenvalue weighted by Gasteiger charge is 2.17. The van der Waals surface area contributed by atoms with Crippen LogP contribution in [0.4, 0.5) is 0 Å². The van der Waals surface area contributed by atoms with Gasteiger partial charge >= 0.3 is 5.97 Å². The van der Waals surface area contributed by atoms with Gasteiger partial charge in [-0.15, -0.1) is 6.58 Å². The Morgan fingerprint density at radius 2 is 2.11 bits per heavy atom. The summed E-state index contributed by atoms with van der Waals surface area (Å²) in [7, 11) is -3.42. The number of aromatic carboxylic acids is 1. The summed E-state index contributed by atoms with van der Waals surface area (Å²) in [5.41, 5.74) is -0.110. The molecule has 0 aliphatic carbocycles. The highest BCUT2D eigenvalue weighted by molar-refractivity contribution is 7.91. The molecule has 6 heteroatoms. The molecule has 18 heavy (non-hydrogen) atoms. The number of benzene rings is 1. The molecule has 1 rings (SSSR count). The topological polar surface area (TPSA) is 71.4 Å². The molecule has 1 aromatic carbocycles. The zero-order valence-electron chi connectivity index (χ0n) is 9.60. The Bertz CT molecular complexity index is 563. The first-order valence-corrected chi connectivity index (χ1v) is 7.28. The Labute approximate surface area is 111 Å². The first-order chi connectivity index (χ1) is 8.38. The Hall–Kier alpha value is -1.33. The van der Waals surface area contributed by atoms with Crippen LogP contribution in [0.25, 0.3) is 0 Å². The molecule has 0 fully saturated rings. The third-order valence-corrected chi connectivity index (χ3v) is 4.46. The molecule has 0 bridgehead atoms. The van der Waals surface area contributed by atoms with Gasteiger partial charge in [-0.2, -0.15) is 0 Å². The second-order valence-corrected chi connectivity index (χ2v) is 6.21. The van der Waals surface area contributed by atoms with Crippen LogP contribution in [0.1, 0.15) is 23.2 Å². The summed E-state index contributed by atoms with van der Waals surface area (Å²) in [6.45, 7) is 3.52. The molecule has 0 aromatic heterocycles. The van der Waals surface area contributed by atoms with Crippen LogP contribution in [0.5, 0.6) is 0 Å². The molecule has 98 valence electrons. The van der Waals surface area contributed by atoms with E-state index in [0.29, 0.717) is 12.8 Å². The van der Waals surface area contributed by atoms with Crippen molar-refractivity contribution >= 4 is 27.4 Å². The SMILES string of the molecule is C=CCCCS(=O)(=O)c1ccc(C(=O)O)c(Cl)c1. The predicted octanol–water partition coefficient (Wildman–Crippen LogP) is 2.78. The van der Waals surface area contributed by atoms with Crippen LogP contribution in [0.3, 0.4) is 0 Å². The van der Waals surface area contributed by atoms with E-state index in [-0.39, 0.29) is 21.2 Å². The summed E-state index contributed by atoms with van der Waals surface area (Å²) >= 11 is 5.73. The van der Waals surface area contributed by atoms with Crippen molar-refractivity contribution in [2.45, 2.75) is 17.7 Å². The Morgan fingerprint density at radius 1 is 1.44 bits per heavy atom. The number of hydrogen-bond donors (Lipinski definition) is 1. The molecule has 0 aliphatic rings. The zero-order chi connectivity index (χ0) is 13.8. The lowest BCUT2D eigenvalue weighted by atomic mass is 10.2. The van der Waals surface area contributed by atoms with Crippen LogP contribution < -0.4 is 0 Å². The van der Waals surface area contributed by atoms with E-state index in [0.717, 1.165) is 0 Å². The van der Waals surface area contributed by atoms with Gasteiger partial charge in [0.25, 0.3) is 0 Å². The van der Waals surface area contributed by atoms with Crippen LogP contribution in [-0.2, 0) is 9.84 Å². The van der Waals surface area contributed by atoms with Gasteiger partial charge in [0.05, 0.1) is 21.2 Å². The van der Waals surface area contributed by atoms with Gasteiger partial charge in [0, 0.05) is 0 Å². The minimum atomic E-state index is -3.42. The molecule has 0 saturated heterocycles. The molecule has 0 saturated carbocycles. The lowest BCUT2D eigenvalue weighted by Gasteiger charge is -2.05. The van der Waals surface area contributed by atoms with Crippen molar-refractivity contribution in [2.75, 3.05) is 5.75 Å². The van der Waals surface area contributed by atoms with Gasteiger partial charge in [0.1, 0.15) is 0 Å². The molecule has 1 N–H and O–H groups in total. The quantitative estimate of drug-likeness (QED) is 0.645. The van der Waals surface area contributed by atoms with Crippen LogP contribution in [0.15, 0.2) is 35.7 Å². The van der Waals surface area contributed by atoms with Gasteiger partial charge in [-0.05, 0) is 31.0 Å². The third-order valence-electron chi connectivity index (χ3n) is 2.35. The van der Waals surface area contributed by atoms with Gasteiger partial charge in [-0.3, -0.25) is 0 Å². The van der Waals surface area contributed by atoms with E-state index in [4.69, 9.17) is 16.7 Å². The minimum absolute atomic E-state index is 0.0121. The Kier molecular flexibility index (Phi) is 4.93. The maximum atomic E-state index is 11.9. The van der Waals surface area contributed by atoms with E-state index in [1.165, 1.54) is 18.2 Å². The fourth-order valence-corrected chi connectivity index (χ4v) is 3.08. The lowest BCUT2D eigenvalue weighted by Crippen LogP contribution is -2.07. The van der Waals surface area contributed by atoms with Gasteiger partial charge in [-0.25, -0.2) is 13.2 Å². The average Bonchev–Trinajstić information content (AvgIpc) is 2.28. The molecule has 0 radical (unpaired) electrons. The number of carbonyl (C=O) groups is 1. The standard InChI is InChI=1S/C12H13ClO4S/c1-2-3-4-7-18(16,17)9-5-6-10(12(14)15)11(13)8-9/h2,5-6,8H,1,3-4,7H2,(H,14,15). The summed E-state index contributed by atoms with van der Waals surface area (Å²) in [6, 6.07) is 3.64. The van der Waals surface area contributed by atoms with E-state index >= 15 is 0 Å². The van der Waals surface area contributed by atoms with Crippen molar-refractivity contribution in [1.29, 1.82) is 0 Å². The number of sulfone groups is 1. The number of hydrogen-bond acceptors (Lipinski definition) is 3. The zero-order valence-corrected chi connectivity index (χ0v) is 11.2.